The van der Waals surface area contributed by atoms with Crippen molar-refractivity contribution in [1.82, 2.24) is 15.1 Å². The molecule has 2 heterocycles. The minimum absolute atomic E-state index is 0. The summed E-state index contributed by atoms with van der Waals surface area (Å²) in [5.74, 6) is 0.315. The predicted octanol–water partition coefficient (Wildman–Crippen LogP) is 0.666. The molecule has 1 N–H and O–H groups in total. The molecule has 106 valence electrons. The number of piperazine rings is 1. The quantitative estimate of drug-likeness (QED) is 0.829. The van der Waals surface area contributed by atoms with Gasteiger partial charge in [-0.2, -0.15) is 11.8 Å². The number of likely N-dealkylation sites (tertiary alicyclic amines) is 1. The highest BCUT2D eigenvalue weighted by Gasteiger charge is 2.32. The van der Waals surface area contributed by atoms with E-state index in [1.165, 1.54) is 0 Å². The molecule has 2 atom stereocenters. The van der Waals surface area contributed by atoms with Crippen LogP contribution in [0.3, 0.4) is 0 Å². The van der Waals surface area contributed by atoms with Crippen molar-refractivity contribution in [2.24, 2.45) is 0 Å². The highest BCUT2D eigenvalue weighted by atomic mass is 35.5. The summed E-state index contributed by atoms with van der Waals surface area (Å²) < 4.78 is 0. The fourth-order valence-electron chi connectivity index (χ4n) is 2.65. The van der Waals surface area contributed by atoms with E-state index in [4.69, 9.17) is 0 Å². The van der Waals surface area contributed by atoms with Gasteiger partial charge in [-0.05, 0) is 19.6 Å². The molecule has 2 unspecified atom stereocenters. The van der Waals surface area contributed by atoms with Crippen molar-refractivity contribution in [2.75, 3.05) is 45.5 Å². The first-order valence-electron chi connectivity index (χ1n) is 6.48. The standard InChI is InChI=1S/C12H23N3OS.ClH/c1-10(17-2)12(16)15-6-3-11(9-15)14-7-4-13-5-8-14;/h10-11,13H,3-9H2,1-2H3;1H. The molecular formula is C12H24ClN3OS. The van der Waals surface area contributed by atoms with Crippen molar-refractivity contribution >= 4 is 30.1 Å². The minimum atomic E-state index is 0. The third kappa shape index (κ3) is 3.76. The molecule has 6 heteroatoms. The molecule has 4 nitrogen and oxygen atoms in total. The Balaban J connectivity index is 0.00000162. The lowest BCUT2D eigenvalue weighted by atomic mass is 10.2. The normalized spacial score (nSPS) is 26.8. The lowest BCUT2D eigenvalue weighted by Gasteiger charge is -2.32. The summed E-state index contributed by atoms with van der Waals surface area (Å²) in [7, 11) is 0. The van der Waals surface area contributed by atoms with Gasteiger partial charge in [-0.3, -0.25) is 9.69 Å². The zero-order valence-corrected chi connectivity index (χ0v) is 12.9. The van der Waals surface area contributed by atoms with Crippen molar-refractivity contribution in [1.29, 1.82) is 0 Å². The Labute approximate surface area is 120 Å². The van der Waals surface area contributed by atoms with Gasteiger partial charge in [0.2, 0.25) is 5.91 Å². The molecule has 2 saturated heterocycles. The smallest absolute Gasteiger partial charge is 0.235 e. The molecule has 0 spiro atoms. The monoisotopic (exact) mass is 293 g/mol. The highest BCUT2D eigenvalue weighted by molar-refractivity contribution is 7.99. The Morgan fingerprint density at radius 3 is 2.61 bits per heavy atom. The van der Waals surface area contributed by atoms with Gasteiger partial charge in [-0.25, -0.2) is 0 Å². The number of nitrogens with one attached hydrogen (secondary N) is 1. The van der Waals surface area contributed by atoms with E-state index < -0.39 is 0 Å². The van der Waals surface area contributed by atoms with E-state index >= 15 is 0 Å². The van der Waals surface area contributed by atoms with Crippen LogP contribution in [0.15, 0.2) is 0 Å². The molecule has 0 aliphatic carbocycles. The van der Waals surface area contributed by atoms with Gasteiger partial charge >= 0.3 is 0 Å². The molecule has 2 aliphatic rings. The third-order valence-electron chi connectivity index (χ3n) is 3.84. The zero-order chi connectivity index (χ0) is 12.3. The zero-order valence-electron chi connectivity index (χ0n) is 11.2. The van der Waals surface area contributed by atoms with E-state index in [2.05, 4.69) is 10.2 Å². The van der Waals surface area contributed by atoms with Crippen molar-refractivity contribution in [3.05, 3.63) is 0 Å². The van der Waals surface area contributed by atoms with Gasteiger partial charge in [0.15, 0.2) is 0 Å². The summed E-state index contributed by atoms with van der Waals surface area (Å²) in [6.07, 6.45) is 3.15. The number of thioether (sulfide) groups is 1. The maximum atomic E-state index is 12.1. The van der Waals surface area contributed by atoms with E-state index in [0.717, 1.165) is 45.7 Å². The van der Waals surface area contributed by atoms with Crippen LogP contribution in [0.1, 0.15) is 13.3 Å². The van der Waals surface area contributed by atoms with Gasteiger partial charge in [0, 0.05) is 45.3 Å². The number of amides is 1. The summed E-state index contributed by atoms with van der Waals surface area (Å²) in [5, 5.41) is 3.48. The Bertz CT molecular complexity index is 274. The van der Waals surface area contributed by atoms with Gasteiger partial charge in [-0.15, -0.1) is 12.4 Å². The first-order chi connectivity index (χ1) is 8.22. The van der Waals surface area contributed by atoms with Gasteiger partial charge in [0.1, 0.15) is 0 Å². The molecule has 0 radical (unpaired) electrons. The minimum Gasteiger partial charge on any atom is -0.340 e. The molecule has 0 aromatic heterocycles. The van der Waals surface area contributed by atoms with Crippen molar-refractivity contribution < 1.29 is 4.79 Å². The first kappa shape index (κ1) is 16.1. The lowest BCUT2D eigenvalue weighted by molar-refractivity contribution is -0.129. The molecule has 2 fully saturated rings. The van der Waals surface area contributed by atoms with Crippen LogP contribution in [0.4, 0.5) is 0 Å². The molecule has 18 heavy (non-hydrogen) atoms. The van der Waals surface area contributed by atoms with Crippen LogP contribution in [0.25, 0.3) is 0 Å². The number of rotatable bonds is 3. The van der Waals surface area contributed by atoms with E-state index in [1.807, 2.05) is 18.1 Å². The van der Waals surface area contributed by atoms with Crippen LogP contribution in [0.5, 0.6) is 0 Å². The molecule has 1 amide bonds. The number of nitrogens with zero attached hydrogens (tertiary/aromatic N) is 2. The summed E-state index contributed by atoms with van der Waals surface area (Å²) in [5.41, 5.74) is 0. The maximum absolute atomic E-state index is 12.1. The number of hydrogen-bond donors (Lipinski definition) is 1. The second-order valence-electron chi connectivity index (χ2n) is 4.89. The number of halogens is 1. The van der Waals surface area contributed by atoms with Crippen LogP contribution in [-0.4, -0.2) is 72.5 Å². The summed E-state index contributed by atoms with van der Waals surface area (Å²) in [6.45, 7) is 8.32. The van der Waals surface area contributed by atoms with Gasteiger partial charge in [0.05, 0.1) is 5.25 Å². The second kappa shape index (κ2) is 7.58. The molecule has 0 aromatic rings. The molecule has 0 saturated carbocycles. The van der Waals surface area contributed by atoms with Crippen LogP contribution in [0.2, 0.25) is 0 Å². The summed E-state index contributed by atoms with van der Waals surface area (Å²) in [6, 6.07) is 0.593. The van der Waals surface area contributed by atoms with E-state index in [1.54, 1.807) is 11.8 Å². The topological polar surface area (TPSA) is 35.6 Å². The summed E-state index contributed by atoms with van der Waals surface area (Å²) >= 11 is 1.64. The van der Waals surface area contributed by atoms with E-state index in [0.29, 0.717) is 11.9 Å². The lowest BCUT2D eigenvalue weighted by Crippen LogP contribution is -2.49. The van der Waals surface area contributed by atoms with Crippen molar-refractivity contribution in [2.45, 2.75) is 24.6 Å². The van der Waals surface area contributed by atoms with Crippen LogP contribution in [0, 0.1) is 0 Å². The Morgan fingerprint density at radius 2 is 2.00 bits per heavy atom. The number of carbonyl (C=O) groups is 1. The predicted molar refractivity (Wildman–Crippen MR) is 79.7 cm³/mol. The van der Waals surface area contributed by atoms with Gasteiger partial charge < -0.3 is 10.2 Å². The van der Waals surface area contributed by atoms with Crippen LogP contribution in [-0.2, 0) is 4.79 Å². The van der Waals surface area contributed by atoms with Crippen molar-refractivity contribution in [3.63, 3.8) is 0 Å². The average Bonchev–Trinajstić information content (AvgIpc) is 2.87. The SMILES string of the molecule is CSC(C)C(=O)N1CCC(N2CCNCC2)C1.Cl. The second-order valence-corrected chi connectivity index (χ2v) is 6.07. The average molecular weight is 294 g/mol. The summed E-state index contributed by atoms with van der Waals surface area (Å²) in [4.78, 5) is 16.7. The molecule has 2 rings (SSSR count). The largest absolute Gasteiger partial charge is 0.340 e. The number of hydrogen-bond acceptors (Lipinski definition) is 4. The molecule has 0 bridgehead atoms. The highest BCUT2D eigenvalue weighted by Crippen LogP contribution is 2.19. The van der Waals surface area contributed by atoms with E-state index in [-0.39, 0.29) is 17.7 Å². The van der Waals surface area contributed by atoms with E-state index in [9.17, 15) is 4.79 Å². The maximum Gasteiger partial charge on any atom is 0.235 e. The number of carbonyl (C=O) groups excluding carboxylic acids is 1. The van der Waals surface area contributed by atoms with Gasteiger partial charge in [-0.1, -0.05) is 0 Å². The Kier molecular flexibility index (Phi) is 6.77. The first-order valence-corrected chi connectivity index (χ1v) is 7.77. The fourth-order valence-corrected chi connectivity index (χ4v) is 3.00. The van der Waals surface area contributed by atoms with Crippen molar-refractivity contribution in [3.8, 4) is 0 Å². The Morgan fingerprint density at radius 1 is 1.33 bits per heavy atom. The third-order valence-corrected chi connectivity index (χ3v) is 4.75. The van der Waals surface area contributed by atoms with Gasteiger partial charge in [0.25, 0.3) is 0 Å². The molecule has 2 aliphatic heterocycles. The molecule has 0 aromatic carbocycles. The van der Waals surface area contributed by atoms with Crippen LogP contribution >= 0.6 is 24.2 Å². The fraction of sp³-hybridized carbons (Fsp3) is 0.917. The molecular weight excluding hydrogens is 270 g/mol. The van der Waals surface area contributed by atoms with Crippen LogP contribution < -0.4 is 5.32 Å². The Hall–Kier alpha value is 0.0300.